The molecule has 2 aliphatic heterocycles. The van der Waals surface area contributed by atoms with Gasteiger partial charge in [-0.2, -0.15) is 0 Å². The summed E-state index contributed by atoms with van der Waals surface area (Å²) < 4.78 is 2.00. The third-order valence-corrected chi connectivity index (χ3v) is 7.04. The van der Waals surface area contributed by atoms with Crippen LogP contribution in [0.1, 0.15) is 44.1 Å². The second-order valence-electron chi connectivity index (χ2n) is 9.53. The average molecular weight is 446 g/mol. The molecule has 0 saturated carbocycles. The van der Waals surface area contributed by atoms with Gasteiger partial charge in [-0.1, -0.05) is 43.2 Å². The highest BCUT2D eigenvalue weighted by molar-refractivity contribution is 5.82. The molecule has 0 spiro atoms. The smallest absolute Gasteiger partial charge is 0.240 e. The molecule has 3 aromatic rings. The fraction of sp³-hybridized carbons (Fsp3) is 0.481. The summed E-state index contributed by atoms with van der Waals surface area (Å²) in [6, 6.07) is 17.2. The van der Waals surface area contributed by atoms with Crippen molar-refractivity contribution in [3.05, 3.63) is 60.3 Å². The third kappa shape index (κ3) is 5.56. The number of amides is 1. The average Bonchev–Trinajstić information content (AvgIpc) is 3.04. The topological polar surface area (TPSA) is 53.4 Å². The van der Waals surface area contributed by atoms with Crippen LogP contribution in [0.4, 0.5) is 5.82 Å². The zero-order valence-corrected chi connectivity index (χ0v) is 19.5. The van der Waals surface area contributed by atoms with Crippen LogP contribution < -0.4 is 10.2 Å². The second-order valence-corrected chi connectivity index (χ2v) is 9.53. The predicted molar refractivity (Wildman–Crippen MR) is 133 cm³/mol. The van der Waals surface area contributed by atoms with Crippen LogP contribution in [0, 0.1) is 0 Å². The maximum atomic E-state index is 12.8. The van der Waals surface area contributed by atoms with Crippen molar-refractivity contribution in [3.8, 4) is 0 Å². The number of hydrogen-bond donors (Lipinski definition) is 1. The molecular formula is C27H35N5O. The zero-order valence-electron chi connectivity index (χ0n) is 19.5. The number of rotatable bonds is 6. The number of anilines is 1. The third-order valence-electron chi connectivity index (χ3n) is 7.04. The van der Waals surface area contributed by atoms with Gasteiger partial charge in [-0.25, -0.2) is 4.98 Å². The molecule has 2 aliphatic rings. The number of fused-ring (bicyclic) bond motifs is 1. The van der Waals surface area contributed by atoms with E-state index in [1.54, 1.807) is 0 Å². The van der Waals surface area contributed by atoms with Crippen LogP contribution in [-0.2, 0) is 17.9 Å². The summed E-state index contributed by atoms with van der Waals surface area (Å²) in [6.07, 6.45) is 9.07. The molecule has 0 unspecified atom stereocenters. The van der Waals surface area contributed by atoms with Crippen LogP contribution in [0.2, 0.25) is 0 Å². The van der Waals surface area contributed by atoms with Crippen LogP contribution in [-0.4, -0.2) is 52.6 Å². The van der Waals surface area contributed by atoms with Gasteiger partial charge in [0.1, 0.15) is 18.0 Å². The van der Waals surface area contributed by atoms with Crippen molar-refractivity contribution in [2.45, 2.75) is 57.7 Å². The highest BCUT2D eigenvalue weighted by Crippen LogP contribution is 2.22. The van der Waals surface area contributed by atoms with E-state index < -0.39 is 0 Å². The quantitative estimate of drug-likeness (QED) is 0.618. The molecule has 33 heavy (non-hydrogen) atoms. The Morgan fingerprint density at radius 2 is 1.67 bits per heavy atom. The largest absolute Gasteiger partial charge is 0.357 e. The lowest BCUT2D eigenvalue weighted by Crippen LogP contribution is -2.45. The van der Waals surface area contributed by atoms with Gasteiger partial charge in [0.2, 0.25) is 5.91 Å². The molecule has 6 heteroatoms. The number of pyridine rings is 1. The Labute approximate surface area is 196 Å². The van der Waals surface area contributed by atoms with Crippen molar-refractivity contribution >= 4 is 22.8 Å². The van der Waals surface area contributed by atoms with Crippen LogP contribution in [0.3, 0.4) is 0 Å². The summed E-state index contributed by atoms with van der Waals surface area (Å²) in [4.78, 5) is 22.7. The summed E-state index contributed by atoms with van der Waals surface area (Å²) in [5, 5.41) is 4.36. The Kier molecular flexibility index (Phi) is 6.91. The summed E-state index contributed by atoms with van der Waals surface area (Å²) >= 11 is 0. The van der Waals surface area contributed by atoms with E-state index in [2.05, 4.69) is 63.6 Å². The molecule has 6 nitrogen and oxygen atoms in total. The zero-order chi connectivity index (χ0) is 22.5. The molecule has 174 valence electrons. The van der Waals surface area contributed by atoms with E-state index in [1.165, 1.54) is 31.2 Å². The highest BCUT2D eigenvalue weighted by atomic mass is 16.2. The molecular weight excluding hydrogens is 410 g/mol. The van der Waals surface area contributed by atoms with E-state index in [4.69, 9.17) is 4.98 Å². The van der Waals surface area contributed by atoms with Crippen molar-refractivity contribution in [1.82, 2.24) is 19.8 Å². The Balaban J connectivity index is 1.16. The Morgan fingerprint density at radius 1 is 0.909 bits per heavy atom. The second kappa shape index (κ2) is 10.4. The van der Waals surface area contributed by atoms with Gasteiger partial charge in [-0.05, 0) is 49.4 Å². The minimum absolute atomic E-state index is 0.0796. The first-order valence-corrected chi connectivity index (χ1v) is 12.5. The number of hydrogen-bond acceptors (Lipinski definition) is 4. The molecule has 0 radical (unpaired) electrons. The lowest BCUT2D eigenvalue weighted by Gasteiger charge is -2.32. The Bertz CT molecular complexity index is 1050. The van der Waals surface area contributed by atoms with E-state index >= 15 is 0 Å². The van der Waals surface area contributed by atoms with Crippen LogP contribution >= 0.6 is 0 Å². The molecule has 1 aromatic carbocycles. The summed E-state index contributed by atoms with van der Waals surface area (Å²) in [5.74, 6) is 1.12. The first-order valence-electron chi connectivity index (χ1n) is 12.5. The van der Waals surface area contributed by atoms with Crippen LogP contribution in [0.15, 0.2) is 54.7 Å². The van der Waals surface area contributed by atoms with Crippen LogP contribution in [0.5, 0.6) is 0 Å². The van der Waals surface area contributed by atoms with Crippen LogP contribution in [0.25, 0.3) is 11.0 Å². The van der Waals surface area contributed by atoms with Crippen molar-refractivity contribution in [3.63, 3.8) is 0 Å². The standard InChI is InChI=1S/C27H35N5O/c33-26(28-24-13-17-30(18-14-24)20-22-8-4-3-5-9-22)21-32-19-12-23-10-11-25(29-27(23)32)31-15-6-1-2-7-16-31/h3-5,8-12,19,24H,1-2,6-7,13-18,20-21H2,(H,28,33). The SMILES string of the molecule is O=C(Cn1ccc2ccc(N3CCCCCC3)nc21)NC1CCN(Cc2ccccc2)CC1. The van der Waals surface area contributed by atoms with Crippen molar-refractivity contribution in [1.29, 1.82) is 0 Å². The van der Waals surface area contributed by atoms with Crippen molar-refractivity contribution in [2.24, 2.45) is 0 Å². The van der Waals surface area contributed by atoms with E-state index in [-0.39, 0.29) is 11.9 Å². The minimum atomic E-state index is 0.0796. The van der Waals surface area contributed by atoms with E-state index in [9.17, 15) is 4.79 Å². The number of carbonyl (C=O) groups is 1. The number of benzene rings is 1. The number of nitrogens with one attached hydrogen (secondary N) is 1. The molecule has 1 amide bonds. The first kappa shape index (κ1) is 22.0. The number of piperidine rings is 1. The molecule has 0 atom stereocenters. The lowest BCUT2D eigenvalue weighted by atomic mass is 10.0. The fourth-order valence-corrected chi connectivity index (χ4v) is 5.16. The molecule has 2 saturated heterocycles. The van der Waals surface area contributed by atoms with Gasteiger partial charge in [-0.15, -0.1) is 0 Å². The van der Waals surface area contributed by atoms with Gasteiger partial charge in [0.15, 0.2) is 0 Å². The monoisotopic (exact) mass is 445 g/mol. The Hall–Kier alpha value is -2.86. The van der Waals surface area contributed by atoms with E-state index in [0.29, 0.717) is 6.54 Å². The number of aromatic nitrogens is 2. The lowest BCUT2D eigenvalue weighted by molar-refractivity contribution is -0.122. The minimum Gasteiger partial charge on any atom is -0.357 e. The van der Waals surface area contributed by atoms with E-state index in [1.807, 2.05) is 10.8 Å². The first-order chi connectivity index (χ1) is 16.2. The highest BCUT2D eigenvalue weighted by Gasteiger charge is 2.21. The predicted octanol–water partition coefficient (Wildman–Crippen LogP) is 4.20. The van der Waals surface area contributed by atoms with Crippen molar-refractivity contribution in [2.75, 3.05) is 31.1 Å². The van der Waals surface area contributed by atoms with Gasteiger partial charge in [0.25, 0.3) is 0 Å². The summed E-state index contributed by atoms with van der Waals surface area (Å²) in [6.45, 7) is 5.50. The number of carbonyl (C=O) groups excluding carboxylic acids is 1. The van der Waals surface area contributed by atoms with Gasteiger partial charge in [-0.3, -0.25) is 9.69 Å². The van der Waals surface area contributed by atoms with Gasteiger partial charge < -0.3 is 14.8 Å². The van der Waals surface area contributed by atoms with Gasteiger partial charge in [0.05, 0.1) is 0 Å². The fourth-order valence-electron chi connectivity index (χ4n) is 5.16. The van der Waals surface area contributed by atoms with Gasteiger partial charge in [0, 0.05) is 50.3 Å². The number of nitrogens with zero attached hydrogens (tertiary/aromatic N) is 4. The Morgan fingerprint density at radius 3 is 2.42 bits per heavy atom. The molecule has 0 aliphatic carbocycles. The number of likely N-dealkylation sites (tertiary alicyclic amines) is 1. The molecule has 2 aromatic heterocycles. The van der Waals surface area contributed by atoms with Crippen molar-refractivity contribution < 1.29 is 4.79 Å². The maximum Gasteiger partial charge on any atom is 0.240 e. The van der Waals surface area contributed by atoms with E-state index in [0.717, 1.165) is 62.4 Å². The molecule has 2 fully saturated rings. The normalized spacial score (nSPS) is 18.4. The molecule has 5 rings (SSSR count). The summed E-state index contributed by atoms with van der Waals surface area (Å²) in [7, 11) is 0. The molecule has 0 bridgehead atoms. The van der Waals surface area contributed by atoms with Gasteiger partial charge >= 0.3 is 0 Å². The summed E-state index contributed by atoms with van der Waals surface area (Å²) in [5.41, 5.74) is 2.26. The maximum absolute atomic E-state index is 12.8. The molecule has 1 N–H and O–H groups in total. The molecule has 4 heterocycles.